The van der Waals surface area contributed by atoms with Crippen LogP contribution in [0.3, 0.4) is 0 Å². The van der Waals surface area contributed by atoms with Crippen LogP contribution in [0.2, 0.25) is 0 Å². The molecule has 6 heteroatoms. The Labute approximate surface area is 147 Å². The van der Waals surface area contributed by atoms with Gasteiger partial charge in [0.1, 0.15) is 11.3 Å². The minimum atomic E-state index is -0.419. The highest BCUT2D eigenvalue weighted by atomic mass is 32.2. The molecular formula is C19H16N2O3S. The van der Waals surface area contributed by atoms with Crippen LogP contribution in [0.1, 0.15) is 12.5 Å². The molecule has 0 saturated heterocycles. The molecule has 4 aromatic rings. The maximum absolute atomic E-state index is 11.8. The summed E-state index contributed by atoms with van der Waals surface area (Å²) >= 11 is 1.59. The van der Waals surface area contributed by atoms with Gasteiger partial charge < -0.3 is 14.1 Å². The summed E-state index contributed by atoms with van der Waals surface area (Å²) in [7, 11) is 0. The number of para-hydroxylation sites is 2. The zero-order chi connectivity index (χ0) is 17.4. The Morgan fingerprint density at radius 3 is 2.88 bits per heavy atom. The van der Waals surface area contributed by atoms with Gasteiger partial charge in [-0.3, -0.25) is 0 Å². The van der Waals surface area contributed by atoms with Gasteiger partial charge in [-0.25, -0.2) is 9.78 Å². The van der Waals surface area contributed by atoms with Crippen molar-refractivity contribution in [2.45, 2.75) is 24.4 Å². The number of fused-ring (bicyclic) bond motifs is 2. The fraction of sp³-hybridized carbons (Fsp3) is 0.158. The summed E-state index contributed by atoms with van der Waals surface area (Å²) < 4.78 is 7.35. The molecule has 0 spiro atoms. The zero-order valence-corrected chi connectivity index (χ0v) is 14.4. The van der Waals surface area contributed by atoms with Crippen molar-refractivity contribution in [3.8, 4) is 5.75 Å². The summed E-state index contributed by atoms with van der Waals surface area (Å²) in [6.45, 7) is 2.92. The topological polar surface area (TPSA) is 68.3 Å². The molecule has 2 aromatic heterocycles. The van der Waals surface area contributed by atoms with E-state index < -0.39 is 5.63 Å². The fourth-order valence-electron chi connectivity index (χ4n) is 2.95. The van der Waals surface area contributed by atoms with E-state index in [0.29, 0.717) is 11.3 Å². The highest BCUT2D eigenvalue weighted by Gasteiger charge is 2.12. The summed E-state index contributed by atoms with van der Waals surface area (Å²) in [5.41, 5.74) is 2.92. The third kappa shape index (κ3) is 2.89. The van der Waals surface area contributed by atoms with E-state index in [4.69, 9.17) is 9.40 Å². The number of benzene rings is 2. The van der Waals surface area contributed by atoms with Crippen LogP contribution in [0, 0.1) is 0 Å². The van der Waals surface area contributed by atoms with Crippen molar-refractivity contribution in [2.75, 3.05) is 0 Å². The van der Waals surface area contributed by atoms with Gasteiger partial charge in [-0.1, -0.05) is 23.9 Å². The van der Waals surface area contributed by atoms with E-state index in [0.717, 1.165) is 33.7 Å². The molecule has 25 heavy (non-hydrogen) atoms. The maximum atomic E-state index is 11.8. The van der Waals surface area contributed by atoms with E-state index in [1.54, 1.807) is 23.9 Å². The first-order chi connectivity index (χ1) is 12.2. The number of aromatic nitrogens is 2. The third-order valence-corrected chi connectivity index (χ3v) is 5.13. The lowest BCUT2D eigenvalue weighted by molar-refractivity contribution is 0.473. The van der Waals surface area contributed by atoms with Crippen LogP contribution in [-0.2, 0) is 12.3 Å². The van der Waals surface area contributed by atoms with Gasteiger partial charge in [-0.15, -0.1) is 0 Å². The van der Waals surface area contributed by atoms with Crippen LogP contribution in [0.5, 0.6) is 5.75 Å². The zero-order valence-electron chi connectivity index (χ0n) is 13.6. The second-order valence-electron chi connectivity index (χ2n) is 5.69. The number of rotatable bonds is 4. The number of nitrogens with zero attached hydrogens (tertiary/aromatic N) is 2. The Morgan fingerprint density at radius 2 is 2.04 bits per heavy atom. The first kappa shape index (κ1) is 15.8. The normalized spacial score (nSPS) is 11.4. The molecular weight excluding hydrogens is 336 g/mol. The molecule has 1 N–H and O–H groups in total. The first-order valence-corrected chi connectivity index (χ1v) is 8.98. The monoisotopic (exact) mass is 352 g/mol. The van der Waals surface area contributed by atoms with Crippen molar-refractivity contribution in [1.29, 1.82) is 0 Å². The van der Waals surface area contributed by atoms with Crippen LogP contribution in [-0.4, -0.2) is 14.7 Å². The van der Waals surface area contributed by atoms with Gasteiger partial charge >= 0.3 is 5.63 Å². The molecule has 2 heterocycles. The second-order valence-corrected chi connectivity index (χ2v) is 6.63. The molecule has 0 aliphatic heterocycles. The third-order valence-electron chi connectivity index (χ3n) is 4.11. The molecule has 0 aliphatic rings. The van der Waals surface area contributed by atoms with Crippen molar-refractivity contribution in [3.05, 3.63) is 64.5 Å². The standard InChI is InChI=1S/C19H16N2O3S/c1-2-21-16-6-4-3-5-15(16)20-19(21)25-11-12-9-18(23)24-17-10-13(22)7-8-14(12)17/h3-10,22H,2,11H2,1H3. The number of imidazole rings is 1. The molecule has 4 rings (SSSR count). The number of thioether (sulfide) groups is 1. The Balaban J connectivity index is 1.72. The summed E-state index contributed by atoms with van der Waals surface area (Å²) in [6.07, 6.45) is 0. The highest BCUT2D eigenvalue weighted by Crippen LogP contribution is 2.29. The van der Waals surface area contributed by atoms with Gasteiger partial charge in [0.2, 0.25) is 0 Å². The number of aromatic hydroxyl groups is 1. The van der Waals surface area contributed by atoms with Crippen molar-refractivity contribution in [1.82, 2.24) is 9.55 Å². The van der Waals surface area contributed by atoms with Crippen LogP contribution < -0.4 is 5.63 Å². The Kier molecular flexibility index (Phi) is 3.97. The minimum Gasteiger partial charge on any atom is -0.508 e. The molecule has 0 fully saturated rings. The summed E-state index contributed by atoms with van der Waals surface area (Å²) in [5.74, 6) is 0.671. The summed E-state index contributed by atoms with van der Waals surface area (Å²) in [5, 5.41) is 11.3. The SMILES string of the molecule is CCn1c(SCc2cc(=O)oc3cc(O)ccc23)nc2ccccc21. The first-order valence-electron chi connectivity index (χ1n) is 7.99. The molecule has 0 unspecified atom stereocenters. The van der Waals surface area contributed by atoms with Crippen molar-refractivity contribution in [2.24, 2.45) is 0 Å². The number of aryl methyl sites for hydroxylation is 1. The van der Waals surface area contributed by atoms with Gasteiger partial charge in [0.05, 0.1) is 11.0 Å². The lowest BCUT2D eigenvalue weighted by Crippen LogP contribution is -2.01. The van der Waals surface area contributed by atoms with E-state index >= 15 is 0 Å². The molecule has 0 atom stereocenters. The second kappa shape index (κ2) is 6.29. The summed E-state index contributed by atoms with van der Waals surface area (Å²) in [6, 6.07) is 14.4. The molecule has 126 valence electrons. The lowest BCUT2D eigenvalue weighted by Gasteiger charge is -2.07. The largest absolute Gasteiger partial charge is 0.508 e. The Morgan fingerprint density at radius 1 is 1.20 bits per heavy atom. The molecule has 0 aliphatic carbocycles. The molecule has 5 nitrogen and oxygen atoms in total. The molecule has 0 bridgehead atoms. The number of hydrogen-bond donors (Lipinski definition) is 1. The number of phenolic OH excluding ortho intramolecular Hbond substituents is 1. The highest BCUT2D eigenvalue weighted by molar-refractivity contribution is 7.98. The van der Waals surface area contributed by atoms with Gasteiger partial charge in [-0.2, -0.15) is 0 Å². The molecule has 0 saturated carbocycles. The van der Waals surface area contributed by atoms with Crippen molar-refractivity contribution in [3.63, 3.8) is 0 Å². The van der Waals surface area contributed by atoms with E-state index in [2.05, 4.69) is 17.6 Å². The van der Waals surface area contributed by atoms with Crippen LogP contribution in [0.4, 0.5) is 0 Å². The number of phenols is 1. The van der Waals surface area contributed by atoms with Crippen LogP contribution in [0.15, 0.2) is 62.9 Å². The van der Waals surface area contributed by atoms with Gasteiger partial charge in [-0.05, 0) is 36.8 Å². The average Bonchev–Trinajstić information content (AvgIpc) is 2.96. The smallest absolute Gasteiger partial charge is 0.336 e. The minimum absolute atomic E-state index is 0.0771. The fourth-order valence-corrected chi connectivity index (χ4v) is 4.02. The average molecular weight is 352 g/mol. The lowest BCUT2D eigenvalue weighted by atomic mass is 10.1. The van der Waals surface area contributed by atoms with Crippen LogP contribution >= 0.6 is 11.8 Å². The van der Waals surface area contributed by atoms with Gasteiger partial charge in [0, 0.05) is 29.8 Å². The molecule has 0 amide bonds. The maximum Gasteiger partial charge on any atom is 0.336 e. The number of hydrogen-bond acceptors (Lipinski definition) is 5. The van der Waals surface area contributed by atoms with E-state index in [1.165, 1.54) is 12.1 Å². The predicted octanol–water partition coefficient (Wildman–Crippen LogP) is 4.16. The molecule has 2 aromatic carbocycles. The van der Waals surface area contributed by atoms with Gasteiger partial charge in [0.15, 0.2) is 5.16 Å². The van der Waals surface area contributed by atoms with Gasteiger partial charge in [0.25, 0.3) is 0 Å². The van der Waals surface area contributed by atoms with Crippen molar-refractivity contribution >= 4 is 33.8 Å². The quantitative estimate of drug-likeness (QED) is 0.441. The Bertz CT molecular complexity index is 1130. The molecule has 0 radical (unpaired) electrons. The van der Waals surface area contributed by atoms with E-state index in [1.807, 2.05) is 18.2 Å². The predicted molar refractivity (Wildman–Crippen MR) is 99.1 cm³/mol. The van der Waals surface area contributed by atoms with Crippen molar-refractivity contribution < 1.29 is 9.52 Å². The Hall–Kier alpha value is -2.73. The van der Waals surface area contributed by atoms with E-state index in [-0.39, 0.29) is 5.75 Å². The summed E-state index contributed by atoms with van der Waals surface area (Å²) in [4.78, 5) is 16.5. The van der Waals surface area contributed by atoms with Crippen LogP contribution in [0.25, 0.3) is 22.0 Å². The van der Waals surface area contributed by atoms with E-state index in [9.17, 15) is 9.90 Å².